The Morgan fingerprint density at radius 3 is 1.83 bits per heavy atom. The third kappa shape index (κ3) is 1.75. The summed E-state index contributed by atoms with van der Waals surface area (Å²) in [5.74, 6) is -0.0635. The summed E-state index contributed by atoms with van der Waals surface area (Å²) in [7, 11) is 0. The summed E-state index contributed by atoms with van der Waals surface area (Å²) in [6.07, 6.45) is 0. The average molecular weight is 303 g/mol. The lowest BCUT2D eigenvalue weighted by molar-refractivity contribution is 0.0732. The normalized spacial score (nSPS) is 16.2. The smallest absolute Gasteiger partial charge is 0.276 e. The van der Waals surface area contributed by atoms with E-state index in [-0.39, 0.29) is 17.6 Å². The van der Waals surface area contributed by atoms with E-state index in [4.69, 9.17) is 10.8 Å². The minimum absolute atomic E-state index is 0.0576. The summed E-state index contributed by atoms with van der Waals surface area (Å²) >= 11 is 0. The van der Waals surface area contributed by atoms with Gasteiger partial charge in [-0.1, -0.05) is 49.0 Å². The molecule has 112 valence electrons. The Morgan fingerprint density at radius 2 is 1.26 bits per heavy atom. The van der Waals surface area contributed by atoms with Gasteiger partial charge < -0.3 is 0 Å². The highest BCUT2D eigenvalue weighted by Gasteiger charge is 2.37. The number of amidine groups is 2. The monoisotopic (exact) mass is 303 g/mol. The van der Waals surface area contributed by atoms with Crippen molar-refractivity contribution in [2.24, 2.45) is 0 Å². The van der Waals surface area contributed by atoms with Crippen LogP contribution in [0.1, 0.15) is 27.0 Å². The number of amides is 1. The van der Waals surface area contributed by atoms with Crippen molar-refractivity contribution >= 4 is 23.3 Å². The fourth-order valence-electron chi connectivity index (χ4n) is 2.84. The van der Waals surface area contributed by atoms with Crippen LogP contribution in [-0.2, 0) is 0 Å². The molecule has 0 fully saturated rings. The number of hydrogen-bond donors (Lipinski definition) is 3. The molecule has 0 bridgehead atoms. The third-order valence-corrected chi connectivity index (χ3v) is 4.03. The first kappa shape index (κ1) is 13.4. The molecule has 6 nitrogen and oxygen atoms in total. The first-order valence-corrected chi connectivity index (χ1v) is 7.05. The van der Waals surface area contributed by atoms with Gasteiger partial charge in [0.2, 0.25) is 0 Å². The molecule has 0 saturated heterocycles. The van der Waals surface area contributed by atoms with Crippen LogP contribution in [-0.4, -0.2) is 27.6 Å². The second-order valence-corrected chi connectivity index (χ2v) is 5.31. The Kier molecular flexibility index (Phi) is 2.70. The summed E-state index contributed by atoms with van der Waals surface area (Å²) in [5, 5.41) is 19.0. The average Bonchev–Trinajstić information content (AvgIpc) is 2.97. The van der Waals surface area contributed by atoms with E-state index in [0.29, 0.717) is 16.8 Å². The van der Waals surface area contributed by atoms with Crippen LogP contribution in [0.3, 0.4) is 0 Å². The Hall–Kier alpha value is -3.25. The van der Waals surface area contributed by atoms with Gasteiger partial charge in [0.05, 0.1) is 11.3 Å². The van der Waals surface area contributed by atoms with Gasteiger partial charge in [-0.3, -0.25) is 15.6 Å². The Morgan fingerprint density at radius 1 is 0.783 bits per heavy atom. The fourth-order valence-corrected chi connectivity index (χ4v) is 2.84. The van der Waals surface area contributed by atoms with Crippen LogP contribution in [0.4, 0.5) is 0 Å². The van der Waals surface area contributed by atoms with Crippen molar-refractivity contribution in [1.82, 2.24) is 15.6 Å². The van der Waals surface area contributed by atoms with E-state index in [1.165, 1.54) is 5.01 Å². The molecule has 2 aromatic carbocycles. The maximum atomic E-state index is 12.5. The number of nitrogens with one attached hydrogen (secondary N) is 3. The van der Waals surface area contributed by atoms with Gasteiger partial charge in [0.25, 0.3) is 5.91 Å². The van der Waals surface area contributed by atoms with Gasteiger partial charge in [-0.2, -0.15) is 0 Å². The van der Waals surface area contributed by atoms with Gasteiger partial charge in [-0.25, -0.2) is 10.0 Å². The minimum atomic E-state index is -0.317. The fraction of sp³-hybridized carbons (Fsp3) is 0. The van der Waals surface area contributed by atoms with E-state index in [1.807, 2.05) is 24.3 Å². The molecule has 0 unspecified atom stereocenters. The molecule has 0 radical (unpaired) electrons. The molecule has 0 spiro atoms. The quantitative estimate of drug-likeness (QED) is 0.795. The number of hydrogen-bond acceptors (Lipinski definition) is 4. The number of hydrazine groups is 2. The summed E-state index contributed by atoms with van der Waals surface area (Å²) in [6, 6.07) is 14.4. The van der Waals surface area contributed by atoms with Gasteiger partial charge in [-0.15, -0.1) is 5.53 Å². The van der Waals surface area contributed by atoms with Crippen molar-refractivity contribution in [1.29, 1.82) is 10.8 Å². The largest absolute Gasteiger partial charge is 0.283 e. The van der Waals surface area contributed by atoms with Crippen LogP contribution in [0.5, 0.6) is 0 Å². The number of nitrogens with zero attached hydrogens (tertiary/aromatic N) is 2. The predicted octanol–water partition coefficient (Wildman–Crippen LogP) is 2.20. The SMILES string of the molecule is C=C1c2ccccc2C(=N)N1NN1C(=N)c2ccccc2C1=O. The zero-order valence-corrected chi connectivity index (χ0v) is 12.1. The lowest BCUT2D eigenvalue weighted by atomic mass is 10.1. The molecule has 23 heavy (non-hydrogen) atoms. The molecule has 2 heterocycles. The van der Waals surface area contributed by atoms with Crippen LogP contribution in [0, 0.1) is 10.8 Å². The maximum Gasteiger partial charge on any atom is 0.276 e. The molecule has 2 aliphatic heterocycles. The van der Waals surface area contributed by atoms with Crippen LogP contribution in [0.25, 0.3) is 5.70 Å². The highest BCUT2D eigenvalue weighted by Crippen LogP contribution is 2.30. The van der Waals surface area contributed by atoms with Crippen LogP contribution in [0.2, 0.25) is 0 Å². The zero-order valence-electron chi connectivity index (χ0n) is 12.1. The van der Waals surface area contributed by atoms with Crippen molar-refractivity contribution in [2.45, 2.75) is 0 Å². The first-order chi connectivity index (χ1) is 11.1. The maximum absolute atomic E-state index is 12.5. The summed E-state index contributed by atoms with van der Waals surface area (Å²) < 4.78 is 0. The molecular weight excluding hydrogens is 290 g/mol. The van der Waals surface area contributed by atoms with E-state index >= 15 is 0 Å². The Balaban J connectivity index is 1.66. The molecule has 2 aromatic rings. The standard InChI is InChI=1S/C17H13N5O/c1-10-11-6-2-3-7-12(11)15(18)21(10)20-22-16(19)13-8-4-5-9-14(13)17(22)23/h2-9,18-20H,1H2. The second kappa shape index (κ2) is 4.62. The molecule has 4 rings (SSSR count). The lowest BCUT2D eigenvalue weighted by Gasteiger charge is -2.26. The number of carbonyl (C=O) groups excluding carboxylic acids is 1. The van der Waals surface area contributed by atoms with Gasteiger partial charge in [0, 0.05) is 16.7 Å². The van der Waals surface area contributed by atoms with Crippen molar-refractivity contribution < 1.29 is 4.79 Å². The summed E-state index contributed by atoms with van der Waals surface area (Å²) in [6.45, 7) is 3.98. The summed E-state index contributed by atoms with van der Waals surface area (Å²) in [5.41, 5.74) is 6.02. The number of carbonyl (C=O) groups is 1. The van der Waals surface area contributed by atoms with Crippen molar-refractivity contribution in [2.75, 3.05) is 0 Å². The number of rotatable bonds is 2. The van der Waals surface area contributed by atoms with E-state index in [9.17, 15) is 4.79 Å². The van der Waals surface area contributed by atoms with Gasteiger partial charge in [0.1, 0.15) is 5.84 Å². The van der Waals surface area contributed by atoms with Crippen LogP contribution >= 0.6 is 0 Å². The molecule has 6 heteroatoms. The molecule has 3 N–H and O–H groups in total. The molecule has 1 amide bonds. The van der Waals surface area contributed by atoms with Crippen molar-refractivity contribution in [3.8, 4) is 0 Å². The van der Waals surface area contributed by atoms with Gasteiger partial charge in [0.15, 0.2) is 5.84 Å². The number of benzene rings is 2. The van der Waals surface area contributed by atoms with Crippen molar-refractivity contribution in [3.05, 3.63) is 77.4 Å². The lowest BCUT2D eigenvalue weighted by Crippen LogP contribution is -2.51. The van der Waals surface area contributed by atoms with Gasteiger partial charge >= 0.3 is 0 Å². The Labute approximate surface area is 132 Å². The highest BCUT2D eigenvalue weighted by atomic mass is 16.2. The molecule has 0 aliphatic carbocycles. The Bertz CT molecular complexity index is 758. The molecular formula is C17H13N5O. The van der Waals surface area contributed by atoms with Crippen LogP contribution < -0.4 is 5.53 Å². The van der Waals surface area contributed by atoms with E-state index in [0.717, 1.165) is 16.1 Å². The predicted molar refractivity (Wildman–Crippen MR) is 86.7 cm³/mol. The third-order valence-electron chi connectivity index (χ3n) is 4.03. The second-order valence-electron chi connectivity index (χ2n) is 5.31. The number of fused-ring (bicyclic) bond motifs is 2. The van der Waals surface area contributed by atoms with Gasteiger partial charge in [-0.05, 0) is 6.07 Å². The zero-order chi connectivity index (χ0) is 16.1. The topological polar surface area (TPSA) is 83.3 Å². The van der Waals surface area contributed by atoms with E-state index in [2.05, 4.69) is 12.1 Å². The molecule has 2 aliphatic rings. The summed E-state index contributed by atoms with van der Waals surface area (Å²) in [4.78, 5) is 12.5. The molecule has 0 atom stereocenters. The first-order valence-electron chi connectivity index (χ1n) is 7.05. The molecule has 0 aromatic heterocycles. The van der Waals surface area contributed by atoms with E-state index in [1.54, 1.807) is 24.3 Å². The molecule has 0 saturated carbocycles. The van der Waals surface area contributed by atoms with Crippen LogP contribution in [0.15, 0.2) is 55.1 Å². The highest BCUT2D eigenvalue weighted by molar-refractivity contribution is 6.22. The van der Waals surface area contributed by atoms with E-state index < -0.39 is 0 Å². The minimum Gasteiger partial charge on any atom is -0.283 e. The van der Waals surface area contributed by atoms with Crippen molar-refractivity contribution in [3.63, 3.8) is 0 Å².